The molecule has 0 aliphatic heterocycles. The molecule has 4 nitrogen and oxygen atoms in total. The predicted molar refractivity (Wildman–Crippen MR) is 91.2 cm³/mol. The molecule has 0 fully saturated rings. The minimum Gasteiger partial charge on any atom is -0.497 e. The number of carbonyl (C=O) groups excluding carboxylic acids is 1. The summed E-state index contributed by atoms with van der Waals surface area (Å²) in [6.07, 6.45) is 3.86. The molecule has 1 aromatic carbocycles. The Labute approximate surface area is 140 Å². The van der Waals surface area contributed by atoms with Crippen LogP contribution in [-0.2, 0) is 12.8 Å². The summed E-state index contributed by atoms with van der Waals surface area (Å²) in [6, 6.07) is 9.22. The highest BCUT2D eigenvalue weighted by Crippen LogP contribution is 2.29. The Bertz CT molecular complexity index is 655. The Balaban J connectivity index is 1.58. The summed E-state index contributed by atoms with van der Waals surface area (Å²) < 4.78 is 5.09. The number of aliphatic hydroxyl groups is 1. The molecule has 2 aromatic rings. The average molecular weight is 331 g/mol. The van der Waals surface area contributed by atoms with E-state index >= 15 is 0 Å². The van der Waals surface area contributed by atoms with E-state index in [-0.39, 0.29) is 12.5 Å². The minimum absolute atomic E-state index is 0.100. The maximum Gasteiger partial charge on any atom is 0.261 e. The van der Waals surface area contributed by atoms with Crippen molar-refractivity contribution in [2.75, 3.05) is 13.7 Å². The molecule has 1 atom stereocenters. The molecule has 122 valence electrons. The summed E-state index contributed by atoms with van der Waals surface area (Å²) in [5.74, 6) is 0.645. The second kappa shape index (κ2) is 7.15. The van der Waals surface area contributed by atoms with Crippen LogP contribution in [0.15, 0.2) is 30.3 Å². The van der Waals surface area contributed by atoms with Crippen molar-refractivity contribution in [2.24, 2.45) is 0 Å². The molecule has 1 amide bonds. The molecule has 1 aliphatic rings. The monoisotopic (exact) mass is 331 g/mol. The molecular formula is C18H21NO3S. The van der Waals surface area contributed by atoms with E-state index in [9.17, 15) is 9.90 Å². The molecule has 23 heavy (non-hydrogen) atoms. The predicted octanol–water partition coefficient (Wildman–Crippen LogP) is 3.10. The second-order valence-electron chi connectivity index (χ2n) is 5.77. The van der Waals surface area contributed by atoms with Crippen LogP contribution in [0.1, 0.15) is 44.6 Å². The molecule has 0 spiro atoms. The van der Waals surface area contributed by atoms with E-state index in [4.69, 9.17) is 4.74 Å². The zero-order valence-corrected chi connectivity index (χ0v) is 14.0. The van der Waals surface area contributed by atoms with Gasteiger partial charge in [-0.25, -0.2) is 0 Å². The molecular weight excluding hydrogens is 310 g/mol. The van der Waals surface area contributed by atoms with Gasteiger partial charge in [-0.3, -0.25) is 4.79 Å². The Hall–Kier alpha value is -1.85. The quantitative estimate of drug-likeness (QED) is 0.885. The molecule has 2 N–H and O–H groups in total. The molecule has 5 heteroatoms. The van der Waals surface area contributed by atoms with Gasteiger partial charge in [-0.05, 0) is 55.0 Å². The number of hydrogen-bond acceptors (Lipinski definition) is 4. The van der Waals surface area contributed by atoms with Crippen molar-refractivity contribution >= 4 is 17.2 Å². The molecule has 0 unspecified atom stereocenters. The van der Waals surface area contributed by atoms with Gasteiger partial charge >= 0.3 is 0 Å². The standard InChI is InChI=1S/C18H21NO3S/c1-22-14-8-6-12(7-9-14)15(20)11-19-18(21)17-10-13-4-2-3-5-16(13)23-17/h6-10,15,20H,2-5,11H2,1H3,(H,19,21)/t15-/m0/s1. The second-order valence-corrected chi connectivity index (χ2v) is 6.90. The lowest BCUT2D eigenvalue weighted by molar-refractivity contribution is 0.0920. The number of thiophene rings is 1. The number of aliphatic hydroxyl groups excluding tert-OH is 1. The van der Waals surface area contributed by atoms with Gasteiger partial charge in [0.25, 0.3) is 5.91 Å². The molecule has 0 radical (unpaired) electrons. The smallest absolute Gasteiger partial charge is 0.261 e. The zero-order chi connectivity index (χ0) is 16.2. The lowest BCUT2D eigenvalue weighted by atomic mass is 9.99. The summed E-state index contributed by atoms with van der Waals surface area (Å²) in [4.78, 5) is 14.4. The number of fused-ring (bicyclic) bond motifs is 1. The summed E-state index contributed by atoms with van der Waals surface area (Å²) in [5.41, 5.74) is 2.08. The SMILES string of the molecule is COc1ccc([C@@H](O)CNC(=O)c2cc3c(s2)CCCC3)cc1. The first-order valence-electron chi connectivity index (χ1n) is 7.89. The van der Waals surface area contributed by atoms with Crippen LogP contribution < -0.4 is 10.1 Å². The number of aryl methyl sites for hydroxylation is 2. The van der Waals surface area contributed by atoms with Gasteiger partial charge in [0.2, 0.25) is 0 Å². The van der Waals surface area contributed by atoms with Gasteiger partial charge < -0.3 is 15.2 Å². The lowest BCUT2D eigenvalue weighted by Crippen LogP contribution is -2.27. The van der Waals surface area contributed by atoms with E-state index in [1.165, 1.54) is 23.3 Å². The molecule has 0 bridgehead atoms. The van der Waals surface area contributed by atoms with Crippen molar-refractivity contribution in [3.05, 3.63) is 51.2 Å². The van der Waals surface area contributed by atoms with Crippen LogP contribution in [0.3, 0.4) is 0 Å². The maximum atomic E-state index is 12.3. The number of nitrogens with one attached hydrogen (secondary N) is 1. The number of hydrogen-bond donors (Lipinski definition) is 2. The number of benzene rings is 1. The molecule has 3 rings (SSSR count). The number of ether oxygens (including phenoxy) is 1. The van der Waals surface area contributed by atoms with Crippen molar-refractivity contribution in [3.63, 3.8) is 0 Å². The minimum atomic E-state index is -0.723. The maximum absolute atomic E-state index is 12.3. The molecule has 0 saturated heterocycles. The van der Waals surface area contributed by atoms with Crippen molar-refractivity contribution in [1.29, 1.82) is 0 Å². The Morgan fingerprint density at radius 1 is 1.30 bits per heavy atom. The topological polar surface area (TPSA) is 58.6 Å². The van der Waals surface area contributed by atoms with Gasteiger partial charge in [-0.2, -0.15) is 0 Å². The third-order valence-corrected chi connectivity index (χ3v) is 5.41. The molecule has 0 saturated carbocycles. The van der Waals surface area contributed by atoms with E-state index in [2.05, 4.69) is 5.32 Å². The van der Waals surface area contributed by atoms with Crippen LogP contribution in [0.25, 0.3) is 0 Å². The van der Waals surface area contributed by atoms with Crippen LogP contribution in [0.5, 0.6) is 5.75 Å². The van der Waals surface area contributed by atoms with E-state index in [0.717, 1.165) is 29.0 Å². The van der Waals surface area contributed by atoms with Gasteiger partial charge in [-0.1, -0.05) is 12.1 Å². The number of methoxy groups -OCH3 is 1. The normalized spacial score (nSPS) is 14.9. The Morgan fingerprint density at radius 2 is 2.04 bits per heavy atom. The van der Waals surface area contributed by atoms with E-state index in [0.29, 0.717) is 0 Å². The summed E-state index contributed by atoms with van der Waals surface area (Å²) in [7, 11) is 1.60. The first kappa shape index (κ1) is 16.0. The van der Waals surface area contributed by atoms with Crippen LogP contribution in [-0.4, -0.2) is 24.7 Å². The van der Waals surface area contributed by atoms with Crippen LogP contribution in [0.2, 0.25) is 0 Å². The third-order valence-electron chi connectivity index (χ3n) is 4.18. The van der Waals surface area contributed by atoms with Crippen molar-refractivity contribution in [3.8, 4) is 5.75 Å². The van der Waals surface area contributed by atoms with E-state index < -0.39 is 6.10 Å². The van der Waals surface area contributed by atoms with Gasteiger partial charge in [0, 0.05) is 11.4 Å². The Kier molecular flexibility index (Phi) is 4.98. The van der Waals surface area contributed by atoms with E-state index in [1.807, 2.05) is 6.07 Å². The Morgan fingerprint density at radius 3 is 2.74 bits per heavy atom. The molecule has 1 heterocycles. The lowest BCUT2D eigenvalue weighted by Gasteiger charge is -2.12. The fraction of sp³-hybridized carbons (Fsp3) is 0.389. The van der Waals surface area contributed by atoms with Gasteiger partial charge in [0.1, 0.15) is 5.75 Å². The van der Waals surface area contributed by atoms with Crippen LogP contribution in [0, 0.1) is 0 Å². The highest BCUT2D eigenvalue weighted by molar-refractivity contribution is 7.14. The third kappa shape index (κ3) is 3.74. The highest BCUT2D eigenvalue weighted by Gasteiger charge is 2.18. The fourth-order valence-corrected chi connectivity index (χ4v) is 3.99. The van der Waals surface area contributed by atoms with Gasteiger partial charge in [-0.15, -0.1) is 11.3 Å². The van der Waals surface area contributed by atoms with Crippen molar-refractivity contribution in [2.45, 2.75) is 31.8 Å². The summed E-state index contributed by atoms with van der Waals surface area (Å²) >= 11 is 1.59. The van der Waals surface area contributed by atoms with Gasteiger partial charge in [0.05, 0.1) is 18.1 Å². The van der Waals surface area contributed by atoms with Gasteiger partial charge in [0.15, 0.2) is 0 Å². The van der Waals surface area contributed by atoms with E-state index in [1.54, 1.807) is 42.7 Å². The van der Waals surface area contributed by atoms with Crippen LogP contribution >= 0.6 is 11.3 Å². The largest absolute Gasteiger partial charge is 0.497 e. The van der Waals surface area contributed by atoms with Crippen LogP contribution in [0.4, 0.5) is 0 Å². The van der Waals surface area contributed by atoms with Crippen molar-refractivity contribution < 1.29 is 14.6 Å². The number of carbonyl (C=O) groups is 1. The van der Waals surface area contributed by atoms with Crippen molar-refractivity contribution in [1.82, 2.24) is 5.32 Å². The first-order valence-corrected chi connectivity index (χ1v) is 8.71. The first-order chi connectivity index (χ1) is 11.2. The number of rotatable bonds is 5. The summed E-state index contributed by atoms with van der Waals surface area (Å²) in [5, 5.41) is 13.0. The fourth-order valence-electron chi connectivity index (χ4n) is 2.82. The highest BCUT2D eigenvalue weighted by atomic mass is 32.1. The number of amides is 1. The zero-order valence-electron chi connectivity index (χ0n) is 13.2. The molecule has 1 aromatic heterocycles. The summed E-state index contributed by atoms with van der Waals surface area (Å²) in [6.45, 7) is 0.202. The molecule has 1 aliphatic carbocycles. The average Bonchev–Trinajstić information content (AvgIpc) is 3.03.